The molecule has 2 saturated heterocycles. The predicted octanol–water partition coefficient (Wildman–Crippen LogP) is 2.52. The Morgan fingerprint density at radius 2 is 1.78 bits per heavy atom. The van der Waals surface area contributed by atoms with E-state index in [1.807, 2.05) is 13.8 Å². The maximum atomic E-state index is 13.8. The molecule has 3 N–H and O–H groups in total. The number of halogens is 1. The van der Waals surface area contributed by atoms with Crippen LogP contribution in [0.25, 0.3) is 0 Å². The molecule has 2 fully saturated rings. The third-order valence-electron chi connectivity index (χ3n) is 6.26. The van der Waals surface area contributed by atoms with Crippen molar-refractivity contribution in [1.29, 1.82) is 0 Å². The lowest BCUT2D eigenvalue weighted by Gasteiger charge is -2.39. The van der Waals surface area contributed by atoms with E-state index in [1.54, 1.807) is 37.8 Å². The van der Waals surface area contributed by atoms with Gasteiger partial charge in [0.1, 0.15) is 23.5 Å². The number of fused-ring (bicyclic) bond motifs is 1. The zero-order valence-corrected chi connectivity index (χ0v) is 22.2. The molecule has 204 valence electrons. The lowest BCUT2D eigenvalue weighted by atomic mass is 10.1. The quantitative estimate of drug-likeness (QED) is 0.552. The summed E-state index contributed by atoms with van der Waals surface area (Å²) >= 11 is 0. The van der Waals surface area contributed by atoms with Crippen molar-refractivity contribution in [1.82, 2.24) is 25.8 Å². The monoisotopic (exact) mass is 519 g/mol. The number of nitrogens with one attached hydrogen (secondary N) is 3. The maximum Gasteiger partial charge on any atom is 0.408 e. The van der Waals surface area contributed by atoms with E-state index in [0.29, 0.717) is 25.8 Å². The number of rotatable bonds is 5. The van der Waals surface area contributed by atoms with Gasteiger partial charge in [-0.25, -0.2) is 14.0 Å². The SMILES string of the molecule is CC(C)NC(=O)N1CC[C@H]2CC[C@@H](C(=O)NCc3ccc(F)cc3)N2C(=O)[C@@H](NC(=O)OC(C)(C)C)C1. The summed E-state index contributed by atoms with van der Waals surface area (Å²) in [7, 11) is 0. The van der Waals surface area contributed by atoms with Gasteiger partial charge in [-0.05, 0) is 71.6 Å². The number of ether oxygens (including phenoxy) is 1. The standard InChI is InChI=1S/C26H38FN5O5/c1-16(2)29-24(35)31-13-12-19-10-11-21(22(33)28-14-17-6-8-18(27)9-7-17)32(19)23(34)20(15-31)30-25(36)37-26(3,4)5/h6-9,16,19-21H,10-15H2,1-5H3,(H,28,33)(H,29,35)(H,30,36)/t19-,20+,21+/m1/s1. The molecule has 0 saturated carbocycles. The van der Waals surface area contributed by atoms with Gasteiger partial charge >= 0.3 is 12.1 Å². The first-order valence-corrected chi connectivity index (χ1v) is 12.7. The van der Waals surface area contributed by atoms with E-state index in [-0.39, 0.29) is 42.9 Å². The Labute approximate surface area is 217 Å². The number of urea groups is 1. The molecule has 5 amide bonds. The van der Waals surface area contributed by atoms with Crippen molar-refractivity contribution in [2.24, 2.45) is 0 Å². The van der Waals surface area contributed by atoms with Crippen LogP contribution in [0.4, 0.5) is 14.0 Å². The number of amides is 5. The van der Waals surface area contributed by atoms with Gasteiger partial charge in [-0.2, -0.15) is 0 Å². The molecule has 0 radical (unpaired) electrons. The van der Waals surface area contributed by atoms with Crippen molar-refractivity contribution in [2.45, 2.75) is 90.2 Å². The highest BCUT2D eigenvalue weighted by Gasteiger charge is 2.45. The van der Waals surface area contributed by atoms with Gasteiger partial charge in [0.05, 0.1) is 6.54 Å². The highest BCUT2D eigenvalue weighted by molar-refractivity contribution is 5.93. The van der Waals surface area contributed by atoms with Crippen LogP contribution in [0.2, 0.25) is 0 Å². The molecule has 0 aliphatic carbocycles. The summed E-state index contributed by atoms with van der Waals surface area (Å²) < 4.78 is 18.5. The molecule has 10 nitrogen and oxygen atoms in total. The molecule has 37 heavy (non-hydrogen) atoms. The van der Waals surface area contributed by atoms with E-state index < -0.39 is 29.7 Å². The summed E-state index contributed by atoms with van der Waals surface area (Å²) in [4.78, 5) is 55.4. The Hall–Kier alpha value is -3.37. The molecule has 0 bridgehead atoms. The molecule has 0 spiro atoms. The number of hydrogen-bond acceptors (Lipinski definition) is 5. The molecule has 0 aromatic heterocycles. The summed E-state index contributed by atoms with van der Waals surface area (Å²) in [5, 5.41) is 8.31. The van der Waals surface area contributed by atoms with Crippen LogP contribution >= 0.6 is 0 Å². The van der Waals surface area contributed by atoms with Crippen molar-refractivity contribution >= 4 is 23.9 Å². The lowest BCUT2D eigenvalue weighted by Crippen LogP contribution is -2.62. The van der Waals surface area contributed by atoms with E-state index in [0.717, 1.165) is 5.56 Å². The fraction of sp³-hybridized carbons (Fsp3) is 0.615. The number of carbonyl (C=O) groups is 4. The smallest absolute Gasteiger partial charge is 0.408 e. The number of carbonyl (C=O) groups excluding carboxylic acids is 4. The topological polar surface area (TPSA) is 120 Å². The average molecular weight is 520 g/mol. The summed E-state index contributed by atoms with van der Waals surface area (Å²) in [5.74, 6) is -1.11. The molecule has 3 rings (SSSR count). The molecule has 3 atom stereocenters. The molecule has 2 aliphatic heterocycles. The summed E-state index contributed by atoms with van der Waals surface area (Å²) in [5.41, 5.74) is -0.0397. The summed E-state index contributed by atoms with van der Waals surface area (Å²) in [6.07, 6.45) is 0.795. The number of hydrogen-bond donors (Lipinski definition) is 3. The summed E-state index contributed by atoms with van der Waals surface area (Å²) in [6, 6.07) is 3.36. The van der Waals surface area contributed by atoms with Crippen molar-refractivity contribution in [3.8, 4) is 0 Å². The largest absolute Gasteiger partial charge is 0.444 e. The normalized spacial score (nSPS) is 22.1. The van der Waals surface area contributed by atoms with E-state index >= 15 is 0 Å². The van der Waals surface area contributed by atoms with Crippen LogP contribution < -0.4 is 16.0 Å². The van der Waals surface area contributed by atoms with E-state index in [4.69, 9.17) is 4.74 Å². The fourth-order valence-corrected chi connectivity index (χ4v) is 4.62. The van der Waals surface area contributed by atoms with Crippen molar-refractivity contribution in [2.75, 3.05) is 13.1 Å². The van der Waals surface area contributed by atoms with Crippen LogP contribution in [-0.2, 0) is 20.9 Å². The molecule has 11 heteroatoms. The average Bonchev–Trinajstić information content (AvgIpc) is 3.20. The molecule has 2 aliphatic rings. The lowest BCUT2D eigenvalue weighted by molar-refractivity contribution is -0.143. The third kappa shape index (κ3) is 7.80. The Kier molecular flexibility index (Phi) is 8.98. The van der Waals surface area contributed by atoms with Crippen molar-refractivity contribution < 1.29 is 28.3 Å². The Bertz CT molecular complexity index is 994. The van der Waals surface area contributed by atoms with Gasteiger partial charge in [0.15, 0.2) is 0 Å². The van der Waals surface area contributed by atoms with Crippen molar-refractivity contribution in [3.63, 3.8) is 0 Å². The van der Waals surface area contributed by atoms with E-state index in [1.165, 1.54) is 17.0 Å². The molecule has 1 aromatic carbocycles. The minimum Gasteiger partial charge on any atom is -0.444 e. The van der Waals surface area contributed by atoms with Crippen LogP contribution in [0.15, 0.2) is 24.3 Å². The first kappa shape index (κ1) is 28.2. The zero-order valence-electron chi connectivity index (χ0n) is 22.2. The van der Waals surface area contributed by atoms with Crippen LogP contribution in [0, 0.1) is 5.82 Å². The molecule has 2 heterocycles. The number of alkyl carbamates (subject to hydrolysis) is 1. The Morgan fingerprint density at radius 1 is 1.11 bits per heavy atom. The minimum absolute atomic E-state index is 0.0518. The van der Waals surface area contributed by atoms with Gasteiger partial charge in [0.2, 0.25) is 11.8 Å². The minimum atomic E-state index is -1.08. The Morgan fingerprint density at radius 3 is 2.41 bits per heavy atom. The summed E-state index contributed by atoms with van der Waals surface area (Å²) in [6.45, 7) is 9.35. The predicted molar refractivity (Wildman–Crippen MR) is 135 cm³/mol. The molecule has 0 unspecified atom stereocenters. The first-order chi connectivity index (χ1) is 17.3. The number of benzene rings is 1. The second kappa shape index (κ2) is 11.8. The van der Waals surface area contributed by atoms with Crippen LogP contribution in [0.1, 0.15) is 59.4 Å². The molecule has 1 aromatic rings. The fourth-order valence-electron chi connectivity index (χ4n) is 4.62. The molecular weight excluding hydrogens is 481 g/mol. The highest BCUT2D eigenvalue weighted by atomic mass is 19.1. The van der Waals surface area contributed by atoms with Crippen LogP contribution in [-0.4, -0.2) is 76.6 Å². The van der Waals surface area contributed by atoms with Gasteiger partial charge in [0.25, 0.3) is 0 Å². The van der Waals surface area contributed by atoms with Crippen LogP contribution in [0.5, 0.6) is 0 Å². The van der Waals surface area contributed by atoms with Gasteiger partial charge in [-0.1, -0.05) is 12.1 Å². The zero-order chi connectivity index (χ0) is 27.3. The van der Waals surface area contributed by atoms with Gasteiger partial charge in [-0.15, -0.1) is 0 Å². The first-order valence-electron chi connectivity index (χ1n) is 12.7. The van der Waals surface area contributed by atoms with E-state index in [2.05, 4.69) is 16.0 Å². The maximum absolute atomic E-state index is 13.8. The van der Waals surface area contributed by atoms with Crippen molar-refractivity contribution in [3.05, 3.63) is 35.6 Å². The van der Waals surface area contributed by atoms with Gasteiger partial charge < -0.3 is 30.5 Å². The highest BCUT2D eigenvalue weighted by Crippen LogP contribution is 2.29. The Balaban J connectivity index is 1.78. The number of nitrogens with zero attached hydrogens (tertiary/aromatic N) is 2. The van der Waals surface area contributed by atoms with Gasteiger partial charge in [0, 0.05) is 25.2 Å². The van der Waals surface area contributed by atoms with E-state index in [9.17, 15) is 23.6 Å². The second-order valence-corrected chi connectivity index (χ2v) is 10.9. The van der Waals surface area contributed by atoms with Crippen LogP contribution in [0.3, 0.4) is 0 Å². The second-order valence-electron chi connectivity index (χ2n) is 10.9. The molecular formula is C26H38FN5O5. The van der Waals surface area contributed by atoms with Gasteiger partial charge in [-0.3, -0.25) is 9.59 Å². The third-order valence-corrected chi connectivity index (χ3v) is 6.26.